The first-order chi connectivity index (χ1) is 14.5. The summed E-state index contributed by atoms with van der Waals surface area (Å²) in [4.78, 5) is 35.0. The minimum atomic E-state index is -0.439. The maximum absolute atomic E-state index is 12.3. The molecule has 172 valence electrons. The molecule has 0 aromatic carbocycles. The maximum atomic E-state index is 12.3. The molecule has 0 radical (unpaired) electrons. The second-order valence-electron chi connectivity index (χ2n) is 10.1. The third-order valence-corrected chi connectivity index (χ3v) is 6.43. The number of aromatic nitrogens is 1. The summed E-state index contributed by atoms with van der Waals surface area (Å²) < 4.78 is 5.52. The summed E-state index contributed by atoms with van der Waals surface area (Å²) in [6.07, 6.45) is 4.23. The molecule has 2 aliphatic heterocycles. The Morgan fingerprint density at radius 1 is 1.00 bits per heavy atom. The van der Waals surface area contributed by atoms with E-state index in [4.69, 9.17) is 9.72 Å². The van der Waals surface area contributed by atoms with Gasteiger partial charge < -0.3 is 19.4 Å². The SMILES string of the molecule is Cc1nc(N2CCC(C3CCN(C(=O)OC(C)(C)C)CC3)CC2)ccc1C(=O)N(C)C. The first kappa shape index (κ1) is 23.4. The molecule has 7 nitrogen and oxygen atoms in total. The van der Waals surface area contributed by atoms with Crippen LogP contribution in [0.4, 0.5) is 10.6 Å². The van der Waals surface area contributed by atoms with Gasteiger partial charge >= 0.3 is 6.09 Å². The Morgan fingerprint density at radius 3 is 2.03 bits per heavy atom. The summed E-state index contributed by atoms with van der Waals surface area (Å²) in [6, 6.07) is 3.88. The molecule has 2 amide bonds. The topological polar surface area (TPSA) is 66.0 Å². The summed E-state index contributed by atoms with van der Waals surface area (Å²) in [5.41, 5.74) is 1.01. The first-order valence-electron chi connectivity index (χ1n) is 11.5. The molecule has 1 aromatic heterocycles. The fraction of sp³-hybridized carbons (Fsp3) is 0.708. The average Bonchev–Trinajstić information content (AvgIpc) is 2.72. The molecular formula is C24H38N4O3. The highest BCUT2D eigenvalue weighted by Gasteiger charge is 2.32. The van der Waals surface area contributed by atoms with Gasteiger partial charge in [0.15, 0.2) is 0 Å². The number of likely N-dealkylation sites (tertiary alicyclic amines) is 1. The predicted molar refractivity (Wildman–Crippen MR) is 122 cm³/mol. The van der Waals surface area contributed by atoms with Crippen molar-refractivity contribution in [2.75, 3.05) is 45.2 Å². The van der Waals surface area contributed by atoms with Crippen LogP contribution < -0.4 is 4.90 Å². The van der Waals surface area contributed by atoms with Crippen molar-refractivity contribution < 1.29 is 14.3 Å². The van der Waals surface area contributed by atoms with Gasteiger partial charge in [-0.3, -0.25) is 4.79 Å². The molecular weight excluding hydrogens is 392 g/mol. The molecule has 7 heteroatoms. The lowest BCUT2D eigenvalue weighted by atomic mass is 9.79. The van der Waals surface area contributed by atoms with Crippen molar-refractivity contribution in [3.05, 3.63) is 23.4 Å². The van der Waals surface area contributed by atoms with E-state index in [0.717, 1.165) is 63.4 Å². The number of aryl methyl sites for hydroxylation is 1. The summed E-state index contributed by atoms with van der Waals surface area (Å²) >= 11 is 0. The smallest absolute Gasteiger partial charge is 0.410 e. The van der Waals surface area contributed by atoms with E-state index >= 15 is 0 Å². The second kappa shape index (κ2) is 9.45. The van der Waals surface area contributed by atoms with Crippen LogP contribution in [-0.2, 0) is 4.74 Å². The largest absolute Gasteiger partial charge is 0.444 e. The van der Waals surface area contributed by atoms with E-state index in [2.05, 4.69) is 4.90 Å². The van der Waals surface area contributed by atoms with Crippen molar-refractivity contribution in [2.24, 2.45) is 11.8 Å². The Hall–Kier alpha value is -2.31. The van der Waals surface area contributed by atoms with Crippen molar-refractivity contribution in [1.82, 2.24) is 14.8 Å². The Labute approximate surface area is 186 Å². The Balaban J connectivity index is 1.50. The van der Waals surface area contributed by atoms with Crippen LogP contribution in [0.3, 0.4) is 0 Å². The van der Waals surface area contributed by atoms with Crippen LogP contribution in [0.1, 0.15) is 62.5 Å². The lowest BCUT2D eigenvalue weighted by Gasteiger charge is -2.40. The van der Waals surface area contributed by atoms with Gasteiger partial charge in [0, 0.05) is 40.3 Å². The molecule has 0 saturated carbocycles. The van der Waals surface area contributed by atoms with Gasteiger partial charge in [0.05, 0.1) is 11.3 Å². The molecule has 0 N–H and O–H groups in total. The fourth-order valence-corrected chi connectivity index (χ4v) is 4.67. The minimum Gasteiger partial charge on any atom is -0.444 e. The lowest BCUT2D eigenvalue weighted by molar-refractivity contribution is 0.0152. The molecule has 31 heavy (non-hydrogen) atoms. The van der Waals surface area contributed by atoms with Crippen LogP contribution in [0.2, 0.25) is 0 Å². The van der Waals surface area contributed by atoms with E-state index in [0.29, 0.717) is 17.4 Å². The Bertz CT molecular complexity index is 787. The number of rotatable bonds is 3. The number of pyridine rings is 1. The number of carbonyl (C=O) groups is 2. The van der Waals surface area contributed by atoms with Gasteiger partial charge in [-0.05, 0) is 77.3 Å². The quantitative estimate of drug-likeness (QED) is 0.726. The molecule has 0 spiro atoms. The monoisotopic (exact) mass is 430 g/mol. The molecule has 0 unspecified atom stereocenters. The van der Waals surface area contributed by atoms with Gasteiger partial charge in [0.2, 0.25) is 0 Å². The standard InChI is InChI=1S/C24H38N4O3/c1-17-20(22(29)26(5)6)7-8-21(25-17)27-13-9-18(10-14-27)19-11-15-28(16-12-19)23(30)31-24(2,3)4/h7-8,18-19H,9-16H2,1-6H3. The summed E-state index contributed by atoms with van der Waals surface area (Å²) in [5.74, 6) is 2.34. The number of anilines is 1. The molecule has 0 aliphatic carbocycles. The van der Waals surface area contributed by atoms with E-state index in [1.807, 2.05) is 44.7 Å². The van der Waals surface area contributed by atoms with Crippen LogP contribution in [0.15, 0.2) is 12.1 Å². The van der Waals surface area contributed by atoms with Gasteiger partial charge in [-0.15, -0.1) is 0 Å². The molecule has 2 saturated heterocycles. The van der Waals surface area contributed by atoms with E-state index < -0.39 is 5.60 Å². The summed E-state index contributed by atoms with van der Waals surface area (Å²) in [6.45, 7) is 11.2. The first-order valence-corrected chi connectivity index (χ1v) is 11.5. The second-order valence-corrected chi connectivity index (χ2v) is 10.1. The highest BCUT2D eigenvalue weighted by atomic mass is 16.6. The third-order valence-electron chi connectivity index (χ3n) is 6.43. The molecule has 0 bridgehead atoms. The van der Waals surface area contributed by atoms with E-state index in [1.54, 1.807) is 19.0 Å². The van der Waals surface area contributed by atoms with Crippen LogP contribution in [0.5, 0.6) is 0 Å². The highest BCUT2D eigenvalue weighted by Crippen LogP contribution is 2.34. The molecule has 0 atom stereocenters. The Morgan fingerprint density at radius 2 is 1.55 bits per heavy atom. The van der Waals surface area contributed by atoms with Gasteiger partial charge in [-0.25, -0.2) is 9.78 Å². The zero-order valence-electron chi connectivity index (χ0n) is 20.0. The number of piperidine rings is 2. The number of ether oxygens (including phenoxy) is 1. The van der Waals surface area contributed by atoms with E-state index in [1.165, 1.54) is 0 Å². The van der Waals surface area contributed by atoms with Gasteiger partial charge in [0.1, 0.15) is 11.4 Å². The highest BCUT2D eigenvalue weighted by molar-refractivity contribution is 5.95. The Kier molecular flexibility index (Phi) is 7.12. The number of amides is 2. The van der Waals surface area contributed by atoms with Crippen molar-refractivity contribution in [3.8, 4) is 0 Å². The fourth-order valence-electron chi connectivity index (χ4n) is 4.67. The zero-order chi connectivity index (χ0) is 22.8. The van der Waals surface area contributed by atoms with Crippen LogP contribution in [-0.4, -0.2) is 72.7 Å². The van der Waals surface area contributed by atoms with Crippen LogP contribution >= 0.6 is 0 Å². The number of nitrogens with zero attached hydrogens (tertiary/aromatic N) is 4. The molecule has 2 fully saturated rings. The van der Waals surface area contributed by atoms with E-state index in [9.17, 15) is 9.59 Å². The summed E-state index contributed by atoms with van der Waals surface area (Å²) in [7, 11) is 3.52. The van der Waals surface area contributed by atoms with Crippen molar-refractivity contribution in [1.29, 1.82) is 0 Å². The molecule has 3 rings (SSSR count). The predicted octanol–water partition coefficient (Wildman–Crippen LogP) is 3.96. The maximum Gasteiger partial charge on any atom is 0.410 e. The number of hydrogen-bond acceptors (Lipinski definition) is 5. The van der Waals surface area contributed by atoms with Crippen LogP contribution in [0, 0.1) is 18.8 Å². The van der Waals surface area contributed by atoms with Crippen molar-refractivity contribution >= 4 is 17.8 Å². The average molecular weight is 431 g/mol. The summed E-state index contributed by atoms with van der Waals surface area (Å²) in [5, 5.41) is 0. The molecule has 3 heterocycles. The van der Waals surface area contributed by atoms with Gasteiger partial charge in [-0.1, -0.05) is 0 Å². The minimum absolute atomic E-state index is 0.00650. The lowest BCUT2D eigenvalue weighted by Crippen LogP contribution is -2.44. The number of carbonyl (C=O) groups excluding carboxylic acids is 2. The van der Waals surface area contributed by atoms with Gasteiger partial charge in [0.25, 0.3) is 5.91 Å². The zero-order valence-corrected chi connectivity index (χ0v) is 20.0. The van der Waals surface area contributed by atoms with E-state index in [-0.39, 0.29) is 12.0 Å². The normalized spacial score (nSPS) is 18.8. The van der Waals surface area contributed by atoms with Crippen LogP contribution in [0.25, 0.3) is 0 Å². The van der Waals surface area contributed by atoms with Crippen molar-refractivity contribution in [2.45, 2.75) is 59.0 Å². The molecule has 1 aromatic rings. The van der Waals surface area contributed by atoms with Crippen molar-refractivity contribution in [3.63, 3.8) is 0 Å². The number of hydrogen-bond donors (Lipinski definition) is 0. The molecule has 2 aliphatic rings. The third kappa shape index (κ3) is 5.89. The van der Waals surface area contributed by atoms with Gasteiger partial charge in [-0.2, -0.15) is 0 Å².